The average molecular weight is 474 g/mol. The van der Waals surface area contributed by atoms with Crippen molar-refractivity contribution in [3.63, 3.8) is 0 Å². The zero-order valence-electron chi connectivity index (χ0n) is 17.6. The molecule has 32 heavy (non-hydrogen) atoms. The Bertz CT molecular complexity index is 1240. The van der Waals surface area contributed by atoms with Gasteiger partial charge in [0.25, 0.3) is 0 Å². The van der Waals surface area contributed by atoms with Crippen LogP contribution in [0.4, 0.5) is 5.95 Å². The topological polar surface area (TPSA) is 104 Å². The molecule has 3 aromatic rings. The standard InChI is InChI=1S/C22H21Cl2N5O3/c1-4-32-16-8-6-12(10-17(16)31-3)19-18(20(25)30)11(2)26-22-27-21(28-29(19)22)13-5-7-14(23)15(24)9-13/h5-10,19H,4H2,1-3H3,(H2,25,30)(H,26,27,28). The maximum atomic E-state index is 12.4. The van der Waals surface area contributed by atoms with E-state index in [1.165, 1.54) is 0 Å². The molecule has 0 radical (unpaired) electrons. The van der Waals surface area contributed by atoms with E-state index in [0.717, 1.165) is 5.56 Å². The first kappa shape index (κ1) is 22.0. The lowest BCUT2D eigenvalue weighted by molar-refractivity contribution is -0.115. The smallest absolute Gasteiger partial charge is 0.248 e. The lowest BCUT2D eigenvalue weighted by atomic mass is 9.95. The van der Waals surface area contributed by atoms with E-state index in [9.17, 15) is 4.79 Å². The molecule has 1 aliphatic rings. The number of rotatable bonds is 6. The van der Waals surface area contributed by atoms with Crippen LogP contribution in [0.3, 0.4) is 0 Å². The summed E-state index contributed by atoms with van der Waals surface area (Å²) in [6, 6.07) is 9.99. The summed E-state index contributed by atoms with van der Waals surface area (Å²) in [6.07, 6.45) is 0. The van der Waals surface area contributed by atoms with E-state index in [-0.39, 0.29) is 0 Å². The van der Waals surface area contributed by atoms with Crippen LogP contribution in [0.15, 0.2) is 47.7 Å². The summed E-state index contributed by atoms with van der Waals surface area (Å²) < 4.78 is 12.7. The molecule has 1 amide bonds. The van der Waals surface area contributed by atoms with Gasteiger partial charge in [0.15, 0.2) is 17.3 Å². The Kier molecular flexibility index (Phi) is 5.99. The number of fused-ring (bicyclic) bond motifs is 1. The fraction of sp³-hybridized carbons (Fsp3) is 0.227. The first-order valence-corrected chi connectivity index (χ1v) is 10.6. The van der Waals surface area contributed by atoms with Gasteiger partial charge in [0.1, 0.15) is 6.04 Å². The number of carbonyl (C=O) groups is 1. The monoisotopic (exact) mass is 473 g/mol. The lowest BCUT2D eigenvalue weighted by Gasteiger charge is -2.28. The molecule has 0 saturated carbocycles. The molecule has 1 aromatic heterocycles. The highest BCUT2D eigenvalue weighted by atomic mass is 35.5. The molecular weight excluding hydrogens is 453 g/mol. The van der Waals surface area contributed by atoms with Crippen LogP contribution in [-0.2, 0) is 4.79 Å². The summed E-state index contributed by atoms with van der Waals surface area (Å²) in [7, 11) is 1.56. The Morgan fingerprint density at radius 2 is 1.97 bits per heavy atom. The summed E-state index contributed by atoms with van der Waals surface area (Å²) >= 11 is 12.2. The molecule has 166 valence electrons. The number of anilines is 1. The van der Waals surface area contributed by atoms with Crippen molar-refractivity contribution >= 4 is 35.1 Å². The summed E-state index contributed by atoms with van der Waals surface area (Å²) in [5, 5.41) is 8.61. The van der Waals surface area contributed by atoms with Crippen molar-refractivity contribution in [3.05, 3.63) is 63.3 Å². The van der Waals surface area contributed by atoms with Gasteiger partial charge in [-0.1, -0.05) is 29.3 Å². The molecule has 1 atom stereocenters. The number of halogens is 2. The summed E-state index contributed by atoms with van der Waals surface area (Å²) in [5.41, 5.74) is 8.15. The van der Waals surface area contributed by atoms with Gasteiger partial charge in [-0.3, -0.25) is 4.79 Å². The van der Waals surface area contributed by atoms with Gasteiger partial charge in [0.2, 0.25) is 11.9 Å². The van der Waals surface area contributed by atoms with Crippen LogP contribution >= 0.6 is 23.2 Å². The third-order valence-corrected chi connectivity index (χ3v) is 5.84. The first-order valence-electron chi connectivity index (χ1n) is 9.84. The van der Waals surface area contributed by atoms with Gasteiger partial charge in [-0.2, -0.15) is 4.98 Å². The number of benzene rings is 2. The number of carbonyl (C=O) groups excluding carboxylic acids is 1. The molecule has 1 unspecified atom stereocenters. The normalized spacial score (nSPS) is 15.2. The molecule has 2 aromatic carbocycles. The number of primary amides is 1. The zero-order chi connectivity index (χ0) is 23.0. The van der Waals surface area contributed by atoms with Crippen LogP contribution in [0.2, 0.25) is 10.0 Å². The number of ether oxygens (including phenoxy) is 2. The van der Waals surface area contributed by atoms with E-state index in [4.69, 9.17) is 38.4 Å². The Labute approximate surface area is 194 Å². The van der Waals surface area contributed by atoms with Gasteiger partial charge in [-0.25, -0.2) is 4.68 Å². The van der Waals surface area contributed by atoms with E-state index in [1.54, 1.807) is 43.0 Å². The highest BCUT2D eigenvalue weighted by Gasteiger charge is 2.34. The van der Waals surface area contributed by atoms with Crippen molar-refractivity contribution in [2.45, 2.75) is 19.9 Å². The molecule has 1 aliphatic heterocycles. The van der Waals surface area contributed by atoms with Crippen LogP contribution in [-0.4, -0.2) is 34.4 Å². The Balaban J connectivity index is 1.86. The van der Waals surface area contributed by atoms with Crippen molar-refractivity contribution < 1.29 is 14.3 Å². The SMILES string of the molecule is CCOc1ccc(C2C(C(N)=O)=C(C)Nc3nc(-c4ccc(Cl)c(Cl)c4)nn32)cc1OC. The van der Waals surface area contributed by atoms with Crippen LogP contribution in [0.25, 0.3) is 11.4 Å². The second-order valence-electron chi connectivity index (χ2n) is 7.11. The Morgan fingerprint density at radius 1 is 1.19 bits per heavy atom. The number of nitrogens with zero attached hydrogens (tertiary/aromatic N) is 3. The zero-order valence-corrected chi connectivity index (χ0v) is 19.2. The highest BCUT2D eigenvalue weighted by molar-refractivity contribution is 6.42. The average Bonchev–Trinajstić information content (AvgIpc) is 3.18. The number of hydrogen-bond acceptors (Lipinski definition) is 6. The fourth-order valence-corrected chi connectivity index (χ4v) is 3.96. The number of methoxy groups -OCH3 is 1. The predicted molar refractivity (Wildman–Crippen MR) is 123 cm³/mol. The van der Waals surface area contributed by atoms with Gasteiger partial charge >= 0.3 is 0 Å². The molecule has 2 heterocycles. The van der Waals surface area contributed by atoms with E-state index >= 15 is 0 Å². The van der Waals surface area contributed by atoms with Crippen LogP contribution in [0.1, 0.15) is 25.5 Å². The van der Waals surface area contributed by atoms with E-state index < -0.39 is 11.9 Å². The van der Waals surface area contributed by atoms with Gasteiger partial charge in [0, 0.05) is 11.3 Å². The van der Waals surface area contributed by atoms with Gasteiger partial charge in [-0.15, -0.1) is 5.10 Å². The molecule has 0 aliphatic carbocycles. The minimum Gasteiger partial charge on any atom is -0.493 e. The number of aromatic nitrogens is 3. The van der Waals surface area contributed by atoms with E-state index in [1.807, 2.05) is 19.1 Å². The Morgan fingerprint density at radius 3 is 2.62 bits per heavy atom. The molecule has 8 nitrogen and oxygen atoms in total. The van der Waals surface area contributed by atoms with Crippen molar-refractivity contribution in [3.8, 4) is 22.9 Å². The molecule has 0 saturated heterocycles. The highest BCUT2D eigenvalue weighted by Crippen LogP contribution is 2.39. The number of nitrogens with one attached hydrogen (secondary N) is 1. The predicted octanol–water partition coefficient (Wildman–Crippen LogP) is 4.43. The molecule has 0 spiro atoms. The van der Waals surface area contributed by atoms with Crippen molar-refractivity contribution in [2.75, 3.05) is 19.0 Å². The van der Waals surface area contributed by atoms with Crippen molar-refractivity contribution in [2.24, 2.45) is 5.73 Å². The third-order valence-electron chi connectivity index (χ3n) is 5.10. The molecule has 4 rings (SSSR count). The van der Waals surface area contributed by atoms with Crippen LogP contribution < -0.4 is 20.5 Å². The van der Waals surface area contributed by atoms with Gasteiger partial charge < -0.3 is 20.5 Å². The number of amides is 1. The van der Waals surface area contributed by atoms with Crippen LogP contribution in [0, 0.1) is 0 Å². The summed E-state index contributed by atoms with van der Waals surface area (Å²) in [4.78, 5) is 17.0. The molecular formula is C22H21Cl2N5O3. The second kappa shape index (κ2) is 8.72. The molecule has 0 fully saturated rings. The number of allylic oxidation sites excluding steroid dienone is 1. The van der Waals surface area contributed by atoms with Crippen LogP contribution in [0.5, 0.6) is 11.5 Å². The molecule has 0 bridgehead atoms. The third kappa shape index (κ3) is 3.87. The summed E-state index contributed by atoms with van der Waals surface area (Å²) in [6.45, 7) is 4.16. The summed E-state index contributed by atoms with van der Waals surface area (Å²) in [5.74, 6) is 1.46. The number of nitrogens with two attached hydrogens (primary N) is 1. The maximum absolute atomic E-state index is 12.4. The molecule has 10 heteroatoms. The lowest BCUT2D eigenvalue weighted by Crippen LogP contribution is -2.31. The second-order valence-corrected chi connectivity index (χ2v) is 7.92. The first-order chi connectivity index (χ1) is 15.3. The number of hydrogen-bond donors (Lipinski definition) is 2. The fourth-order valence-electron chi connectivity index (χ4n) is 3.66. The minimum atomic E-state index is -0.614. The van der Waals surface area contributed by atoms with E-state index in [0.29, 0.717) is 56.8 Å². The largest absolute Gasteiger partial charge is 0.493 e. The minimum absolute atomic E-state index is 0.370. The Hall–Kier alpha value is -3.23. The maximum Gasteiger partial charge on any atom is 0.248 e. The van der Waals surface area contributed by atoms with Gasteiger partial charge in [0.05, 0.1) is 29.3 Å². The molecule has 3 N–H and O–H groups in total. The van der Waals surface area contributed by atoms with Crippen molar-refractivity contribution in [1.29, 1.82) is 0 Å². The van der Waals surface area contributed by atoms with E-state index in [2.05, 4.69) is 15.4 Å². The van der Waals surface area contributed by atoms with Gasteiger partial charge in [-0.05, 0) is 49.7 Å². The van der Waals surface area contributed by atoms with Crippen molar-refractivity contribution in [1.82, 2.24) is 14.8 Å². The quantitative estimate of drug-likeness (QED) is 0.548.